The zero-order valence-corrected chi connectivity index (χ0v) is 17.4. The lowest BCUT2D eigenvalue weighted by Gasteiger charge is -2.06. The van der Waals surface area contributed by atoms with Crippen molar-refractivity contribution in [2.45, 2.75) is 13.5 Å². The van der Waals surface area contributed by atoms with Crippen LogP contribution in [0.4, 0.5) is 0 Å². The second-order valence-electron chi connectivity index (χ2n) is 6.59. The Balaban J connectivity index is 1.81. The summed E-state index contributed by atoms with van der Waals surface area (Å²) in [4.78, 5) is 29.8. The van der Waals surface area contributed by atoms with E-state index in [2.05, 4.69) is 4.99 Å². The molecule has 3 aromatic carbocycles. The summed E-state index contributed by atoms with van der Waals surface area (Å²) in [7, 11) is 1.59. The highest BCUT2D eigenvalue weighted by atomic mass is 32.1. The molecular weight excluding hydrogens is 400 g/mol. The number of ether oxygens (including phenoxy) is 2. The number of hydrogen-bond acceptors (Lipinski definition) is 5. The van der Waals surface area contributed by atoms with Crippen LogP contribution in [-0.2, 0) is 16.1 Å². The highest BCUT2D eigenvalue weighted by molar-refractivity contribution is 7.16. The monoisotopic (exact) mass is 420 g/mol. The molecule has 152 valence electrons. The Bertz CT molecular complexity index is 1320. The molecule has 0 atom stereocenters. The Morgan fingerprint density at radius 2 is 1.83 bits per heavy atom. The number of carbonyl (C=O) groups excluding carboxylic acids is 2. The molecule has 1 heterocycles. The van der Waals surface area contributed by atoms with Gasteiger partial charge in [0.2, 0.25) is 0 Å². The van der Waals surface area contributed by atoms with Crippen LogP contribution in [0, 0.1) is 0 Å². The quantitative estimate of drug-likeness (QED) is 0.455. The molecule has 0 aliphatic heterocycles. The number of benzene rings is 3. The Morgan fingerprint density at radius 3 is 2.60 bits per heavy atom. The molecule has 30 heavy (non-hydrogen) atoms. The fourth-order valence-corrected chi connectivity index (χ4v) is 4.28. The minimum atomic E-state index is -0.382. The van der Waals surface area contributed by atoms with Crippen LogP contribution >= 0.6 is 11.3 Å². The summed E-state index contributed by atoms with van der Waals surface area (Å²) < 4.78 is 13.0. The van der Waals surface area contributed by atoms with Crippen LogP contribution in [0.15, 0.2) is 65.7 Å². The molecule has 0 N–H and O–H groups in total. The maximum Gasteiger partial charge on any atom is 0.326 e. The fraction of sp³-hybridized carbons (Fsp3) is 0.174. The number of aromatic nitrogens is 1. The molecule has 0 aliphatic rings. The van der Waals surface area contributed by atoms with Crippen molar-refractivity contribution in [1.29, 1.82) is 0 Å². The van der Waals surface area contributed by atoms with Crippen LogP contribution in [0.25, 0.3) is 21.0 Å². The van der Waals surface area contributed by atoms with Crippen molar-refractivity contribution in [2.24, 2.45) is 4.99 Å². The summed E-state index contributed by atoms with van der Waals surface area (Å²) in [6.07, 6.45) is 0. The van der Waals surface area contributed by atoms with Gasteiger partial charge in [0, 0.05) is 5.56 Å². The summed E-state index contributed by atoms with van der Waals surface area (Å²) in [5, 5.41) is 2.03. The third kappa shape index (κ3) is 3.97. The van der Waals surface area contributed by atoms with E-state index in [1.807, 2.05) is 54.6 Å². The molecule has 0 saturated carbocycles. The molecule has 4 aromatic rings. The number of carbonyl (C=O) groups is 2. The van der Waals surface area contributed by atoms with E-state index >= 15 is 0 Å². The van der Waals surface area contributed by atoms with E-state index in [4.69, 9.17) is 9.47 Å². The average molecular weight is 420 g/mol. The van der Waals surface area contributed by atoms with E-state index in [1.54, 1.807) is 24.7 Å². The Morgan fingerprint density at radius 1 is 1.03 bits per heavy atom. The molecule has 7 heteroatoms. The lowest BCUT2D eigenvalue weighted by molar-refractivity contribution is -0.143. The van der Waals surface area contributed by atoms with Crippen molar-refractivity contribution in [3.63, 3.8) is 0 Å². The number of esters is 1. The molecule has 0 spiro atoms. The Hall–Kier alpha value is -3.45. The van der Waals surface area contributed by atoms with Crippen molar-refractivity contribution < 1.29 is 19.1 Å². The van der Waals surface area contributed by atoms with Gasteiger partial charge in [-0.05, 0) is 48.0 Å². The van der Waals surface area contributed by atoms with Gasteiger partial charge < -0.3 is 14.0 Å². The summed E-state index contributed by atoms with van der Waals surface area (Å²) >= 11 is 1.33. The van der Waals surface area contributed by atoms with Gasteiger partial charge in [-0.25, -0.2) is 0 Å². The van der Waals surface area contributed by atoms with Gasteiger partial charge in [-0.15, -0.1) is 0 Å². The third-order valence-electron chi connectivity index (χ3n) is 4.68. The van der Waals surface area contributed by atoms with Crippen molar-refractivity contribution >= 4 is 44.2 Å². The largest absolute Gasteiger partial charge is 0.497 e. The normalized spacial score (nSPS) is 11.7. The molecule has 0 saturated heterocycles. The number of hydrogen-bond donors (Lipinski definition) is 0. The molecule has 0 fully saturated rings. The van der Waals surface area contributed by atoms with Crippen LogP contribution in [-0.4, -0.2) is 30.2 Å². The van der Waals surface area contributed by atoms with E-state index in [1.165, 1.54) is 11.3 Å². The summed E-state index contributed by atoms with van der Waals surface area (Å²) in [6.45, 7) is 2.02. The molecular formula is C23H20N2O4S. The van der Waals surface area contributed by atoms with Crippen molar-refractivity contribution in [3.8, 4) is 5.75 Å². The SMILES string of the molecule is CCOC(=O)Cn1c(=NC(=O)c2ccc3ccccc3c2)sc2cc(OC)ccc21. The second-order valence-corrected chi connectivity index (χ2v) is 7.60. The van der Waals surface area contributed by atoms with E-state index in [-0.39, 0.29) is 25.0 Å². The fourth-order valence-electron chi connectivity index (χ4n) is 3.23. The van der Waals surface area contributed by atoms with Gasteiger partial charge in [-0.2, -0.15) is 4.99 Å². The smallest absolute Gasteiger partial charge is 0.326 e. The van der Waals surface area contributed by atoms with Gasteiger partial charge in [0.25, 0.3) is 5.91 Å². The first-order chi connectivity index (χ1) is 14.6. The zero-order valence-electron chi connectivity index (χ0n) is 16.6. The van der Waals surface area contributed by atoms with Crippen molar-refractivity contribution in [1.82, 2.24) is 4.57 Å². The molecule has 1 aromatic heterocycles. The first-order valence-corrected chi connectivity index (χ1v) is 10.3. The molecule has 1 amide bonds. The van der Waals surface area contributed by atoms with E-state index in [9.17, 15) is 9.59 Å². The van der Waals surface area contributed by atoms with E-state index in [0.717, 1.165) is 21.0 Å². The predicted octanol–water partition coefficient (Wildman–Crippen LogP) is 4.17. The van der Waals surface area contributed by atoms with Gasteiger partial charge >= 0.3 is 5.97 Å². The topological polar surface area (TPSA) is 69.9 Å². The number of amides is 1. The minimum Gasteiger partial charge on any atom is -0.497 e. The van der Waals surface area contributed by atoms with Crippen LogP contribution in [0.1, 0.15) is 17.3 Å². The first-order valence-electron chi connectivity index (χ1n) is 9.50. The molecule has 4 rings (SSSR count). The molecule has 0 unspecified atom stereocenters. The summed E-state index contributed by atoms with van der Waals surface area (Å²) in [5.74, 6) is -0.0519. The van der Waals surface area contributed by atoms with Gasteiger partial charge in [0.05, 0.1) is 23.9 Å². The predicted molar refractivity (Wildman–Crippen MR) is 117 cm³/mol. The highest BCUT2D eigenvalue weighted by Gasteiger charge is 2.14. The maximum atomic E-state index is 12.9. The first kappa shape index (κ1) is 19.8. The molecule has 6 nitrogen and oxygen atoms in total. The highest BCUT2D eigenvalue weighted by Crippen LogP contribution is 2.23. The standard InChI is InChI=1S/C23H20N2O4S/c1-3-29-21(26)14-25-19-11-10-18(28-2)13-20(19)30-23(25)24-22(27)17-9-8-15-6-4-5-7-16(15)12-17/h4-13H,3,14H2,1-2H3. The van der Waals surface area contributed by atoms with Crippen molar-refractivity contribution in [2.75, 3.05) is 13.7 Å². The summed E-state index contributed by atoms with van der Waals surface area (Å²) in [5.41, 5.74) is 1.28. The number of nitrogens with zero attached hydrogens (tertiary/aromatic N) is 2. The lowest BCUT2D eigenvalue weighted by Crippen LogP contribution is -2.23. The zero-order chi connectivity index (χ0) is 21.1. The summed E-state index contributed by atoms with van der Waals surface area (Å²) in [6, 6.07) is 18.9. The van der Waals surface area contributed by atoms with Gasteiger partial charge in [0.15, 0.2) is 4.80 Å². The van der Waals surface area contributed by atoms with Crippen LogP contribution < -0.4 is 9.54 Å². The van der Waals surface area contributed by atoms with Gasteiger partial charge in [-0.3, -0.25) is 9.59 Å². The second kappa shape index (κ2) is 8.51. The van der Waals surface area contributed by atoms with E-state index < -0.39 is 0 Å². The Labute approximate surface area is 177 Å². The van der Waals surface area contributed by atoms with Crippen LogP contribution in [0.5, 0.6) is 5.75 Å². The average Bonchev–Trinajstić information content (AvgIpc) is 3.09. The Kier molecular flexibility index (Phi) is 5.63. The molecule has 0 bridgehead atoms. The van der Waals surface area contributed by atoms with Crippen LogP contribution in [0.3, 0.4) is 0 Å². The maximum absolute atomic E-state index is 12.9. The third-order valence-corrected chi connectivity index (χ3v) is 5.72. The van der Waals surface area contributed by atoms with Gasteiger partial charge in [0.1, 0.15) is 12.3 Å². The van der Waals surface area contributed by atoms with Crippen LogP contribution in [0.2, 0.25) is 0 Å². The lowest BCUT2D eigenvalue weighted by atomic mass is 10.1. The number of thiazole rings is 1. The van der Waals surface area contributed by atoms with Crippen molar-refractivity contribution in [3.05, 3.63) is 71.0 Å². The number of rotatable bonds is 5. The van der Waals surface area contributed by atoms with E-state index in [0.29, 0.717) is 16.1 Å². The molecule has 0 radical (unpaired) electrons. The molecule has 0 aliphatic carbocycles. The number of fused-ring (bicyclic) bond motifs is 2. The minimum absolute atomic E-state index is 0.0238. The number of methoxy groups -OCH3 is 1. The van der Waals surface area contributed by atoms with Gasteiger partial charge in [-0.1, -0.05) is 41.7 Å².